The highest BCUT2D eigenvalue weighted by atomic mass is 16.5. The second-order valence-electron chi connectivity index (χ2n) is 10.9. The Bertz CT molecular complexity index is 1050. The van der Waals surface area contributed by atoms with Crippen molar-refractivity contribution in [1.29, 1.82) is 0 Å². The number of carbonyl (C=O) groups excluding carboxylic acids is 2. The molecule has 1 fully saturated rings. The summed E-state index contributed by atoms with van der Waals surface area (Å²) >= 11 is 0. The molecule has 1 saturated heterocycles. The Morgan fingerprint density at radius 2 is 1.67 bits per heavy atom. The van der Waals surface area contributed by atoms with Crippen LogP contribution in [0.4, 0.5) is 10.6 Å². The third kappa shape index (κ3) is 9.09. The van der Waals surface area contributed by atoms with Crippen LogP contribution in [-0.4, -0.2) is 108 Å². The molecule has 0 atom stereocenters. The maximum Gasteiger partial charge on any atom is 0.318 e. The summed E-state index contributed by atoms with van der Waals surface area (Å²) in [6.07, 6.45) is 0.821. The van der Waals surface area contributed by atoms with Crippen LogP contribution in [-0.2, 0) is 4.79 Å². The summed E-state index contributed by atoms with van der Waals surface area (Å²) in [4.78, 5) is 34.3. The van der Waals surface area contributed by atoms with Crippen molar-refractivity contribution in [3.8, 4) is 17.0 Å². The zero-order valence-corrected chi connectivity index (χ0v) is 24.4. The maximum absolute atomic E-state index is 13.3. The highest BCUT2D eigenvalue weighted by Crippen LogP contribution is 2.22. The minimum Gasteiger partial charge on any atom is -0.497 e. The van der Waals surface area contributed by atoms with E-state index >= 15 is 0 Å². The minimum atomic E-state index is -0.374. The summed E-state index contributed by atoms with van der Waals surface area (Å²) in [5.41, 5.74) is 1.40. The molecule has 1 aromatic carbocycles. The zero-order valence-electron chi connectivity index (χ0n) is 24.4. The first-order valence-corrected chi connectivity index (χ1v) is 13.9. The minimum absolute atomic E-state index is 0.0265. The SMILES string of the molecule is CCN(CC)CCN(CC(=O)N1CCCN(c2ccc(-c3ccc(OC)cc3)nn2)CC1)C(=O)NC(C)(C)C. The lowest BCUT2D eigenvalue weighted by molar-refractivity contribution is -0.131. The van der Waals surface area contributed by atoms with E-state index in [0.29, 0.717) is 26.2 Å². The number of benzene rings is 1. The average molecular weight is 540 g/mol. The van der Waals surface area contributed by atoms with Crippen molar-refractivity contribution in [1.82, 2.24) is 30.2 Å². The van der Waals surface area contributed by atoms with E-state index in [0.717, 1.165) is 55.4 Å². The van der Waals surface area contributed by atoms with Gasteiger partial charge in [-0.3, -0.25) is 4.79 Å². The van der Waals surface area contributed by atoms with Gasteiger partial charge in [-0.1, -0.05) is 13.8 Å². The third-order valence-corrected chi connectivity index (χ3v) is 6.88. The van der Waals surface area contributed by atoms with E-state index in [-0.39, 0.29) is 24.0 Å². The van der Waals surface area contributed by atoms with Crippen LogP contribution in [0.1, 0.15) is 41.0 Å². The average Bonchev–Trinajstić information content (AvgIpc) is 3.18. The molecule has 0 bridgehead atoms. The number of methoxy groups -OCH3 is 1. The normalized spacial score (nSPS) is 14.2. The molecule has 1 aliphatic heterocycles. The number of nitrogens with one attached hydrogen (secondary N) is 1. The van der Waals surface area contributed by atoms with Crippen LogP contribution in [0.5, 0.6) is 5.75 Å². The van der Waals surface area contributed by atoms with Crippen molar-refractivity contribution in [3.63, 3.8) is 0 Å². The highest BCUT2D eigenvalue weighted by Gasteiger charge is 2.26. The molecule has 0 aliphatic carbocycles. The van der Waals surface area contributed by atoms with Gasteiger partial charge >= 0.3 is 6.03 Å². The number of ether oxygens (including phenoxy) is 1. The number of nitrogens with zero attached hydrogens (tertiary/aromatic N) is 6. The summed E-state index contributed by atoms with van der Waals surface area (Å²) in [6, 6.07) is 11.5. The second-order valence-corrected chi connectivity index (χ2v) is 10.9. The van der Waals surface area contributed by atoms with Crippen LogP contribution in [0.15, 0.2) is 36.4 Å². The Hall–Kier alpha value is -3.40. The van der Waals surface area contributed by atoms with Gasteiger partial charge in [0.2, 0.25) is 5.91 Å². The Balaban J connectivity index is 1.60. The smallest absolute Gasteiger partial charge is 0.318 e. The Morgan fingerprint density at radius 1 is 0.949 bits per heavy atom. The molecule has 0 saturated carbocycles. The summed E-state index contributed by atoms with van der Waals surface area (Å²) in [7, 11) is 1.65. The molecule has 1 aliphatic rings. The molecule has 1 N–H and O–H groups in total. The van der Waals surface area contributed by atoms with Crippen LogP contribution < -0.4 is 15.0 Å². The highest BCUT2D eigenvalue weighted by molar-refractivity contribution is 5.84. The molecule has 3 rings (SSSR count). The van der Waals surface area contributed by atoms with Crippen molar-refractivity contribution < 1.29 is 14.3 Å². The Morgan fingerprint density at radius 3 is 2.26 bits per heavy atom. The number of aromatic nitrogens is 2. The van der Waals surface area contributed by atoms with Crippen LogP contribution >= 0.6 is 0 Å². The fourth-order valence-corrected chi connectivity index (χ4v) is 4.52. The zero-order chi connectivity index (χ0) is 28.4. The second kappa shape index (κ2) is 14.1. The number of rotatable bonds is 10. The number of hydrogen-bond acceptors (Lipinski definition) is 7. The number of anilines is 1. The van der Waals surface area contributed by atoms with E-state index in [2.05, 4.69) is 39.2 Å². The van der Waals surface area contributed by atoms with Crippen LogP contribution in [0, 0.1) is 0 Å². The Labute approximate surface area is 233 Å². The van der Waals surface area contributed by atoms with Gasteiger partial charge in [-0.05, 0) is 76.7 Å². The van der Waals surface area contributed by atoms with Crippen molar-refractivity contribution in [2.24, 2.45) is 0 Å². The fourth-order valence-electron chi connectivity index (χ4n) is 4.52. The molecule has 10 heteroatoms. The van der Waals surface area contributed by atoms with Gasteiger partial charge in [-0.25, -0.2) is 4.79 Å². The van der Waals surface area contributed by atoms with Gasteiger partial charge in [0, 0.05) is 50.4 Å². The lowest BCUT2D eigenvalue weighted by Gasteiger charge is -2.31. The molecule has 0 spiro atoms. The monoisotopic (exact) mass is 539 g/mol. The van der Waals surface area contributed by atoms with Crippen molar-refractivity contribution in [2.75, 3.05) is 70.9 Å². The van der Waals surface area contributed by atoms with E-state index in [1.165, 1.54) is 0 Å². The topological polar surface area (TPSA) is 94.1 Å². The van der Waals surface area contributed by atoms with Crippen molar-refractivity contribution in [3.05, 3.63) is 36.4 Å². The summed E-state index contributed by atoms with van der Waals surface area (Å²) < 4.78 is 5.23. The summed E-state index contributed by atoms with van der Waals surface area (Å²) in [5, 5.41) is 11.9. The van der Waals surface area contributed by atoms with Gasteiger partial charge in [0.05, 0.1) is 12.8 Å². The van der Waals surface area contributed by atoms with Gasteiger partial charge < -0.3 is 29.7 Å². The van der Waals surface area contributed by atoms with E-state index < -0.39 is 0 Å². The van der Waals surface area contributed by atoms with Crippen molar-refractivity contribution in [2.45, 2.75) is 46.6 Å². The summed E-state index contributed by atoms with van der Waals surface area (Å²) in [5.74, 6) is 1.57. The molecular formula is C29H45N7O3. The third-order valence-electron chi connectivity index (χ3n) is 6.88. The largest absolute Gasteiger partial charge is 0.497 e. The Kier molecular flexibility index (Phi) is 10.9. The first-order valence-electron chi connectivity index (χ1n) is 13.9. The molecule has 3 amide bonds. The van der Waals surface area contributed by atoms with E-state index in [1.54, 1.807) is 12.0 Å². The molecule has 10 nitrogen and oxygen atoms in total. The maximum atomic E-state index is 13.3. The quantitative estimate of drug-likeness (QED) is 0.495. The molecular weight excluding hydrogens is 494 g/mol. The lowest BCUT2D eigenvalue weighted by Crippen LogP contribution is -2.53. The fraction of sp³-hybridized carbons (Fsp3) is 0.586. The lowest BCUT2D eigenvalue weighted by atomic mass is 10.1. The molecule has 214 valence electrons. The number of hydrogen-bond donors (Lipinski definition) is 1. The van der Waals surface area contributed by atoms with Gasteiger partial charge in [0.15, 0.2) is 5.82 Å². The van der Waals surface area contributed by atoms with Gasteiger partial charge in [-0.2, -0.15) is 0 Å². The molecule has 0 radical (unpaired) electrons. The number of urea groups is 1. The molecule has 1 aromatic heterocycles. The summed E-state index contributed by atoms with van der Waals surface area (Å²) in [6.45, 7) is 15.9. The molecule has 39 heavy (non-hydrogen) atoms. The van der Waals surface area contributed by atoms with Gasteiger partial charge in [-0.15, -0.1) is 10.2 Å². The van der Waals surface area contributed by atoms with Gasteiger partial charge in [0.1, 0.15) is 12.3 Å². The first-order chi connectivity index (χ1) is 18.6. The van der Waals surface area contributed by atoms with Crippen LogP contribution in [0.25, 0.3) is 11.3 Å². The molecule has 2 aromatic rings. The predicted octanol–water partition coefficient (Wildman–Crippen LogP) is 3.34. The standard InChI is InChI=1S/C29H45N7O3/c1-7-33(8-2)18-19-36(28(38)30-29(3,4)5)22-27(37)35-17-9-16-34(20-21-35)26-15-14-25(31-32-26)23-10-12-24(39-6)13-11-23/h10-15H,7-9,16-22H2,1-6H3,(H,30,38). The number of likely N-dealkylation sites (N-methyl/N-ethyl adjacent to an activating group) is 1. The predicted molar refractivity (Wildman–Crippen MR) is 155 cm³/mol. The number of amides is 3. The van der Waals surface area contributed by atoms with E-state index in [9.17, 15) is 9.59 Å². The van der Waals surface area contributed by atoms with E-state index in [1.807, 2.05) is 62.1 Å². The van der Waals surface area contributed by atoms with Crippen molar-refractivity contribution >= 4 is 17.8 Å². The molecule has 2 heterocycles. The molecule has 0 unspecified atom stereocenters. The number of carbonyl (C=O) groups is 2. The van der Waals surface area contributed by atoms with Crippen LogP contribution in [0.3, 0.4) is 0 Å². The van der Waals surface area contributed by atoms with Crippen LogP contribution in [0.2, 0.25) is 0 Å². The first kappa shape index (κ1) is 30.1. The van der Waals surface area contributed by atoms with Gasteiger partial charge in [0.25, 0.3) is 0 Å². The van der Waals surface area contributed by atoms with E-state index in [4.69, 9.17) is 4.74 Å².